The van der Waals surface area contributed by atoms with Crippen LogP contribution in [0, 0.1) is 40.9 Å². The van der Waals surface area contributed by atoms with Gasteiger partial charge in [0.1, 0.15) is 17.8 Å². The molecule has 0 spiro atoms. The summed E-state index contributed by atoms with van der Waals surface area (Å²) in [6.45, 7) is 44.7. The molecular weight excluding hydrogens is 709 g/mol. The van der Waals surface area contributed by atoms with Gasteiger partial charge in [-0.25, -0.2) is 0 Å². The number of aliphatic hydroxyl groups is 3. The maximum absolute atomic E-state index is 13.4. The molecule has 0 amide bonds. The number of fused-ring (bicyclic) bond motifs is 7. The van der Waals surface area contributed by atoms with Crippen LogP contribution in [0.3, 0.4) is 0 Å². The maximum Gasteiger partial charge on any atom is 0.309 e. The molecule has 9 nitrogen and oxygen atoms in total. The monoisotopic (exact) mass is 803 g/mol. The van der Waals surface area contributed by atoms with E-state index in [1.165, 1.54) is 0 Å². The fourth-order valence-electron chi connectivity index (χ4n) is 8.88. The summed E-state index contributed by atoms with van der Waals surface area (Å²) in [6.07, 6.45) is 1.98. The highest BCUT2D eigenvalue weighted by Crippen LogP contribution is 2.79. The van der Waals surface area contributed by atoms with Crippen molar-refractivity contribution in [3.63, 3.8) is 0 Å². The Hall–Kier alpha value is -1.81. The van der Waals surface area contributed by atoms with Crippen molar-refractivity contribution in [2.24, 2.45) is 40.9 Å². The summed E-state index contributed by atoms with van der Waals surface area (Å²) in [5.41, 5.74) is -5.13. The van der Waals surface area contributed by atoms with Gasteiger partial charge in [0, 0.05) is 29.6 Å². The number of unbranched alkanes of at least 4 members (excludes halogenated alkanes) is 2. The molecular formula is C47H94O9. The van der Waals surface area contributed by atoms with Crippen LogP contribution in [0.25, 0.3) is 0 Å². The Bertz CT molecular complexity index is 1120. The predicted molar refractivity (Wildman–Crippen MR) is 234 cm³/mol. The number of epoxide rings is 1. The molecule has 336 valence electrons. The first-order valence-corrected chi connectivity index (χ1v) is 23.1. The number of carbonyl (C=O) groups excluding carboxylic acids is 3. The molecule has 3 saturated carbocycles. The Morgan fingerprint density at radius 3 is 1.77 bits per heavy atom. The smallest absolute Gasteiger partial charge is 0.309 e. The third-order valence-electron chi connectivity index (χ3n) is 11.3. The maximum atomic E-state index is 13.4. The molecule has 0 radical (unpaired) electrons. The van der Waals surface area contributed by atoms with Gasteiger partial charge in [-0.1, -0.05) is 171 Å². The summed E-state index contributed by atoms with van der Waals surface area (Å²) >= 11 is 0. The molecule has 5 rings (SSSR count). The molecule has 56 heavy (non-hydrogen) atoms. The highest BCUT2D eigenvalue weighted by Gasteiger charge is 2.90. The van der Waals surface area contributed by atoms with Gasteiger partial charge in [-0.3, -0.25) is 14.4 Å². The molecule has 1 heterocycles. The third-order valence-corrected chi connectivity index (χ3v) is 11.3. The third kappa shape index (κ3) is 11.1. The largest absolute Gasteiger partial charge is 0.458 e. The summed E-state index contributed by atoms with van der Waals surface area (Å²) in [4.78, 5) is 39.9. The normalized spacial score (nSPS) is 34.1. The number of rotatable bonds is 9. The Morgan fingerprint density at radius 2 is 1.34 bits per heavy atom. The lowest BCUT2D eigenvalue weighted by molar-refractivity contribution is -0.203. The van der Waals surface area contributed by atoms with Crippen LogP contribution in [0.2, 0.25) is 0 Å². The van der Waals surface area contributed by atoms with Crippen LogP contribution in [0.15, 0.2) is 11.6 Å². The average Bonchev–Trinajstić information content (AvgIpc) is 4.09. The van der Waals surface area contributed by atoms with Crippen molar-refractivity contribution in [2.45, 2.75) is 226 Å². The van der Waals surface area contributed by atoms with E-state index in [0.29, 0.717) is 18.4 Å². The van der Waals surface area contributed by atoms with Crippen LogP contribution in [0.1, 0.15) is 191 Å². The minimum absolute atomic E-state index is 0.245. The second kappa shape index (κ2) is 28.6. The van der Waals surface area contributed by atoms with E-state index < -0.39 is 70.7 Å². The number of aliphatic hydroxyl groups excluding tert-OH is 2. The molecule has 12 atom stereocenters. The standard InChI is InChI=1S/C31H46O9.8C2H6/c1-8-10-11-12-19(33)38-24-17(5)20-18-13-16(4)23(34)30(18,37)27(36)29(14-32)25(39-29)21(20)22-28(6,7)31(22,24)40-26(35)15(3)9-2;8*1-2/h13,15,17-18,20-22,24-25,27,32,36-37H,8-12,14H2,1-7H3;8*1-2H3. The van der Waals surface area contributed by atoms with Crippen molar-refractivity contribution in [3.05, 3.63) is 11.6 Å². The van der Waals surface area contributed by atoms with Crippen molar-refractivity contribution >= 4 is 17.7 Å². The van der Waals surface area contributed by atoms with Crippen LogP contribution in [-0.4, -0.2) is 74.8 Å². The van der Waals surface area contributed by atoms with Gasteiger partial charge in [0.25, 0.3) is 0 Å². The van der Waals surface area contributed by atoms with Crippen LogP contribution in [0.5, 0.6) is 0 Å². The summed E-state index contributed by atoms with van der Waals surface area (Å²) in [5.74, 6) is -4.07. The first-order valence-electron chi connectivity index (χ1n) is 23.1. The second-order valence-corrected chi connectivity index (χ2v) is 13.7. The molecule has 4 aliphatic carbocycles. The van der Waals surface area contributed by atoms with Gasteiger partial charge in [0.2, 0.25) is 0 Å². The van der Waals surface area contributed by atoms with E-state index in [9.17, 15) is 29.7 Å². The van der Waals surface area contributed by atoms with Gasteiger partial charge in [-0.05, 0) is 37.2 Å². The lowest BCUT2D eigenvalue weighted by atomic mass is 9.61. The van der Waals surface area contributed by atoms with Crippen molar-refractivity contribution in [1.29, 1.82) is 0 Å². The SMILES string of the molecule is CC.CC.CC.CC.CC.CC.CC.CC.CCCCCC(=O)OC1C(C)C2C(C3OC3(CO)C(O)C3(O)C(=O)C(C)=CC23)C2C(C)(C)C12OC(=O)C(C)CC. The molecule has 1 saturated heterocycles. The number of esters is 2. The zero-order chi connectivity index (χ0) is 45.6. The molecule has 0 aromatic rings. The first-order chi connectivity index (χ1) is 26.7. The average molecular weight is 803 g/mol. The lowest BCUT2D eigenvalue weighted by Gasteiger charge is -2.48. The quantitative estimate of drug-likeness (QED) is 0.118. The topological polar surface area (TPSA) is 143 Å². The Morgan fingerprint density at radius 1 is 0.857 bits per heavy atom. The molecule has 4 fully saturated rings. The van der Waals surface area contributed by atoms with Crippen molar-refractivity contribution in [1.82, 2.24) is 0 Å². The van der Waals surface area contributed by atoms with Gasteiger partial charge >= 0.3 is 11.9 Å². The molecule has 0 bridgehead atoms. The summed E-state index contributed by atoms with van der Waals surface area (Å²) < 4.78 is 18.8. The zero-order valence-corrected chi connectivity index (χ0v) is 40.8. The Labute approximate surface area is 346 Å². The van der Waals surface area contributed by atoms with Crippen LogP contribution in [0.4, 0.5) is 0 Å². The second-order valence-electron chi connectivity index (χ2n) is 13.7. The highest BCUT2D eigenvalue weighted by atomic mass is 16.6. The van der Waals surface area contributed by atoms with E-state index in [1.54, 1.807) is 13.0 Å². The minimum Gasteiger partial charge on any atom is -0.458 e. The van der Waals surface area contributed by atoms with Crippen LogP contribution in [-0.2, 0) is 28.6 Å². The first kappa shape index (κ1) is 60.9. The van der Waals surface area contributed by atoms with Crippen molar-refractivity contribution < 1.29 is 43.9 Å². The van der Waals surface area contributed by atoms with E-state index in [2.05, 4.69) is 6.92 Å². The predicted octanol–water partition coefficient (Wildman–Crippen LogP) is 10.9. The van der Waals surface area contributed by atoms with E-state index >= 15 is 0 Å². The molecule has 3 N–H and O–H groups in total. The summed E-state index contributed by atoms with van der Waals surface area (Å²) in [5, 5.41) is 34.0. The fourth-order valence-corrected chi connectivity index (χ4v) is 8.88. The van der Waals surface area contributed by atoms with Gasteiger partial charge in [0.05, 0.1) is 18.6 Å². The summed E-state index contributed by atoms with van der Waals surface area (Å²) in [6, 6.07) is 0. The van der Waals surface area contributed by atoms with Gasteiger partial charge in [0.15, 0.2) is 17.0 Å². The van der Waals surface area contributed by atoms with Gasteiger partial charge in [-0.2, -0.15) is 0 Å². The van der Waals surface area contributed by atoms with E-state index in [0.717, 1.165) is 12.8 Å². The van der Waals surface area contributed by atoms with Crippen LogP contribution >= 0.6 is 0 Å². The van der Waals surface area contributed by atoms with Gasteiger partial charge < -0.3 is 29.5 Å². The van der Waals surface area contributed by atoms with Gasteiger partial charge in [-0.15, -0.1) is 0 Å². The fraction of sp³-hybridized carbons (Fsp3) is 0.894. The number of Topliss-reactive ketones (excluding diaryl/α,β-unsaturated/α-hetero) is 1. The molecule has 0 aromatic carbocycles. The minimum atomic E-state index is -2.18. The van der Waals surface area contributed by atoms with E-state index in [1.807, 2.05) is 145 Å². The van der Waals surface area contributed by atoms with Crippen molar-refractivity contribution in [3.8, 4) is 0 Å². The number of ketones is 1. The Balaban J connectivity index is -0.000000754. The number of hydrogen-bond acceptors (Lipinski definition) is 9. The number of ether oxygens (including phenoxy) is 3. The zero-order valence-electron chi connectivity index (χ0n) is 40.8. The number of carbonyl (C=O) groups is 3. The Kier molecular flexibility index (Phi) is 31.1. The molecule has 0 aromatic heterocycles. The highest BCUT2D eigenvalue weighted by molar-refractivity contribution is 6.05. The summed E-state index contributed by atoms with van der Waals surface area (Å²) in [7, 11) is 0. The van der Waals surface area contributed by atoms with Crippen LogP contribution < -0.4 is 0 Å². The van der Waals surface area contributed by atoms with Crippen molar-refractivity contribution in [2.75, 3.05) is 6.61 Å². The van der Waals surface area contributed by atoms with E-state index in [-0.39, 0.29) is 36.1 Å². The molecule has 5 aliphatic rings. The molecule has 12 unspecified atom stereocenters. The number of hydrogen-bond donors (Lipinski definition) is 3. The van der Waals surface area contributed by atoms with E-state index in [4.69, 9.17) is 14.2 Å². The lowest BCUT2D eigenvalue weighted by Crippen LogP contribution is -2.61. The molecule has 1 aliphatic heterocycles. The molecule has 9 heteroatoms.